The Morgan fingerprint density at radius 3 is 2.42 bits per heavy atom. The third-order valence-electron chi connectivity index (χ3n) is 3.56. The van der Waals surface area contributed by atoms with Crippen LogP contribution >= 0.6 is 15.9 Å². The number of aryl methyl sites for hydroxylation is 1. The van der Waals surface area contributed by atoms with Gasteiger partial charge in [-0.15, -0.1) is 0 Å². The molecule has 0 aromatic heterocycles. The minimum absolute atomic E-state index is 0.633. The van der Waals surface area contributed by atoms with Crippen molar-refractivity contribution in [3.8, 4) is 0 Å². The van der Waals surface area contributed by atoms with Crippen LogP contribution < -0.4 is 0 Å². The van der Waals surface area contributed by atoms with E-state index in [0.29, 0.717) is 6.42 Å². The smallest absolute Gasteiger partial charge is 0.309 e. The minimum Gasteiger partial charge on any atom is -0.481 e. The Bertz CT molecular complexity index is 617. The molecule has 2 rings (SSSR count). The second-order valence-electron chi connectivity index (χ2n) is 5.44. The molecule has 2 aromatic rings. The average Bonchev–Trinajstić information content (AvgIpc) is 2.38. The summed E-state index contributed by atoms with van der Waals surface area (Å²) in [4.78, 5) is 11.2. The zero-order valence-electron chi connectivity index (χ0n) is 11.1. The summed E-state index contributed by atoms with van der Waals surface area (Å²) in [5.41, 5.74) is 0.516. The van der Waals surface area contributed by atoms with Crippen molar-refractivity contribution < 1.29 is 9.90 Å². The van der Waals surface area contributed by atoms with Gasteiger partial charge in [-0.25, -0.2) is 0 Å². The van der Waals surface area contributed by atoms with Crippen LogP contribution in [0.2, 0.25) is 0 Å². The van der Waals surface area contributed by atoms with Crippen molar-refractivity contribution >= 4 is 32.7 Å². The lowest BCUT2D eigenvalue weighted by molar-refractivity contribution is -0.147. The number of hydrogen-bond donors (Lipinski definition) is 1. The number of hydrogen-bond acceptors (Lipinski definition) is 1. The summed E-state index contributed by atoms with van der Waals surface area (Å²) >= 11 is 3.55. The maximum absolute atomic E-state index is 11.2. The molecule has 2 nitrogen and oxygen atoms in total. The first kappa shape index (κ1) is 14.1. The highest BCUT2D eigenvalue weighted by atomic mass is 79.9. The van der Waals surface area contributed by atoms with Gasteiger partial charge in [-0.05, 0) is 49.1 Å². The van der Waals surface area contributed by atoms with Crippen LogP contribution in [0.1, 0.15) is 25.8 Å². The Balaban J connectivity index is 2.32. The van der Waals surface area contributed by atoms with Crippen LogP contribution in [0.3, 0.4) is 0 Å². The van der Waals surface area contributed by atoms with Gasteiger partial charge in [0.05, 0.1) is 5.41 Å². The highest BCUT2D eigenvalue weighted by molar-refractivity contribution is 9.10. The summed E-state index contributed by atoms with van der Waals surface area (Å²) in [5, 5.41) is 11.5. The largest absolute Gasteiger partial charge is 0.481 e. The first-order valence-electron chi connectivity index (χ1n) is 6.31. The second-order valence-corrected chi connectivity index (χ2v) is 6.30. The van der Waals surface area contributed by atoms with Crippen molar-refractivity contribution in [1.82, 2.24) is 0 Å². The van der Waals surface area contributed by atoms with Gasteiger partial charge < -0.3 is 5.11 Å². The summed E-state index contributed by atoms with van der Waals surface area (Å²) in [6.45, 7) is 3.55. The second kappa shape index (κ2) is 5.33. The van der Waals surface area contributed by atoms with Crippen molar-refractivity contribution in [2.75, 3.05) is 0 Å². The summed E-state index contributed by atoms with van der Waals surface area (Å²) < 4.78 is 1.07. The van der Waals surface area contributed by atoms with Crippen molar-refractivity contribution in [3.63, 3.8) is 0 Å². The topological polar surface area (TPSA) is 37.3 Å². The first-order valence-corrected chi connectivity index (χ1v) is 7.10. The van der Waals surface area contributed by atoms with E-state index in [4.69, 9.17) is 5.11 Å². The predicted octanol–water partition coefficient (Wildman–Crippen LogP) is 4.65. The monoisotopic (exact) mass is 320 g/mol. The predicted molar refractivity (Wildman–Crippen MR) is 81.4 cm³/mol. The van der Waals surface area contributed by atoms with Crippen LogP contribution in [0.25, 0.3) is 10.8 Å². The lowest BCUT2D eigenvalue weighted by Gasteiger charge is -2.19. The number of rotatable bonds is 4. The van der Waals surface area contributed by atoms with Crippen LogP contribution in [0, 0.1) is 5.41 Å². The normalized spacial score (nSPS) is 11.7. The molecule has 0 aliphatic carbocycles. The molecule has 0 spiro atoms. The molecule has 2 aromatic carbocycles. The summed E-state index contributed by atoms with van der Waals surface area (Å²) in [5.74, 6) is -0.742. The molecule has 0 radical (unpaired) electrons. The third kappa shape index (κ3) is 2.98. The molecule has 1 N–H and O–H groups in total. The maximum atomic E-state index is 11.2. The van der Waals surface area contributed by atoms with Gasteiger partial charge in [0.1, 0.15) is 0 Å². The average molecular weight is 321 g/mol. The van der Waals surface area contributed by atoms with Crippen molar-refractivity contribution in [2.45, 2.75) is 26.7 Å². The zero-order chi connectivity index (χ0) is 14.0. The van der Waals surface area contributed by atoms with E-state index in [2.05, 4.69) is 34.1 Å². The van der Waals surface area contributed by atoms with Gasteiger partial charge in [0.25, 0.3) is 0 Å². The molecular weight excluding hydrogens is 304 g/mol. The fourth-order valence-electron chi connectivity index (χ4n) is 2.10. The summed E-state index contributed by atoms with van der Waals surface area (Å²) in [6.07, 6.45) is 1.40. The number of aliphatic carboxylic acids is 1. The van der Waals surface area contributed by atoms with E-state index in [1.165, 1.54) is 16.3 Å². The molecule has 19 heavy (non-hydrogen) atoms. The van der Waals surface area contributed by atoms with Gasteiger partial charge in [-0.2, -0.15) is 0 Å². The first-order chi connectivity index (χ1) is 8.92. The number of halogens is 1. The van der Waals surface area contributed by atoms with E-state index in [0.717, 1.165) is 10.9 Å². The molecule has 0 bridgehead atoms. The molecule has 0 saturated heterocycles. The van der Waals surface area contributed by atoms with Crippen LogP contribution in [-0.2, 0) is 11.2 Å². The lowest BCUT2D eigenvalue weighted by Crippen LogP contribution is -2.24. The van der Waals surface area contributed by atoms with Gasteiger partial charge in [0, 0.05) is 4.47 Å². The van der Waals surface area contributed by atoms with Crippen LogP contribution in [0.5, 0.6) is 0 Å². The van der Waals surface area contributed by atoms with E-state index in [9.17, 15) is 4.79 Å². The molecule has 3 heteroatoms. The quantitative estimate of drug-likeness (QED) is 0.890. The summed E-state index contributed by atoms with van der Waals surface area (Å²) in [7, 11) is 0. The lowest BCUT2D eigenvalue weighted by atomic mass is 9.85. The number of benzene rings is 2. The van der Waals surface area contributed by atoms with Gasteiger partial charge in [-0.3, -0.25) is 4.79 Å². The molecule has 0 atom stereocenters. The van der Waals surface area contributed by atoms with Gasteiger partial charge in [-0.1, -0.05) is 46.3 Å². The van der Waals surface area contributed by atoms with Crippen LogP contribution in [0.4, 0.5) is 0 Å². The summed E-state index contributed by atoms with van der Waals surface area (Å²) in [6, 6.07) is 12.3. The fraction of sp³-hybridized carbons (Fsp3) is 0.312. The Hall–Kier alpha value is -1.35. The minimum atomic E-state index is -0.742. The van der Waals surface area contributed by atoms with E-state index >= 15 is 0 Å². The standard InChI is InChI=1S/C16H17BrO2/c1-16(2,15(18)19)10-9-11-7-8-14(17)13-6-4-3-5-12(11)13/h3-8H,9-10H2,1-2H3,(H,18,19). The SMILES string of the molecule is CC(C)(CCc1ccc(Br)c2ccccc12)C(=O)O. The molecule has 0 aliphatic heterocycles. The van der Waals surface area contributed by atoms with Crippen molar-refractivity contribution in [2.24, 2.45) is 5.41 Å². The maximum Gasteiger partial charge on any atom is 0.309 e. The molecule has 0 amide bonds. The molecule has 0 heterocycles. The number of carbonyl (C=O) groups is 1. The molecule has 0 fully saturated rings. The molecule has 0 saturated carbocycles. The van der Waals surface area contributed by atoms with Crippen LogP contribution in [0.15, 0.2) is 40.9 Å². The van der Waals surface area contributed by atoms with E-state index < -0.39 is 11.4 Å². The van der Waals surface area contributed by atoms with Crippen molar-refractivity contribution in [1.29, 1.82) is 0 Å². The van der Waals surface area contributed by atoms with E-state index in [1.807, 2.05) is 18.2 Å². The Morgan fingerprint density at radius 2 is 1.79 bits per heavy atom. The highest BCUT2D eigenvalue weighted by Gasteiger charge is 2.26. The van der Waals surface area contributed by atoms with Gasteiger partial charge in [0.2, 0.25) is 0 Å². The number of carboxylic acid groups (broad SMARTS) is 1. The Labute approximate surface area is 121 Å². The highest BCUT2D eigenvalue weighted by Crippen LogP contribution is 2.30. The van der Waals surface area contributed by atoms with Gasteiger partial charge >= 0.3 is 5.97 Å². The Morgan fingerprint density at radius 1 is 1.16 bits per heavy atom. The van der Waals surface area contributed by atoms with Crippen molar-refractivity contribution in [3.05, 3.63) is 46.4 Å². The molecular formula is C16H17BrO2. The molecule has 100 valence electrons. The van der Waals surface area contributed by atoms with Crippen LogP contribution in [-0.4, -0.2) is 11.1 Å². The third-order valence-corrected chi connectivity index (χ3v) is 4.25. The molecule has 0 unspecified atom stereocenters. The number of fused-ring (bicyclic) bond motifs is 1. The van der Waals surface area contributed by atoms with E-state index in [1.54, 1.807) is 13.8 Å². The molecule has 0 aliphatic rings. The van der Waals surface area contributed by atoms with E-state index in [-0.39, 0.29) is 0 Å². The number of carboxylic acids is 1. The fourth-order valence-corrected chi connectivity index (χ4v) is 2.57. The zero-order valence-corrected chi connectivity index (χ0v) is 12.7. The van der Waals surface area contributed by atoms with Gasteiger partial charge in [0.15, 0.2) is 0 Å². The Kier molecular flexibility index (Phi) is 3.95.